The number of rotatable bonds is 9. The Labute approximate surface area is 243 Å². The second-order valence-electron chi connectivity index (χ2n) is 9.84. The number of halogens is 4. The molecule has 11 nitrogen and oxygen atoms in total. The molecule has 0 radical (unpaired) electrons. The number of nitrogens with two attached hydrogens (primary N) is 1. The fourth-order valence-corrected chi connectivity index (χ4v) is 4.94. The summed E-state index contributed by atoms with van der Waals surface area (Å²) in [4.78, 5) is 25.2. The topological polar surface area (TPSA) is 164 Å². The average molecular weight is 619 g/mol. The van der Waals surface area contributed by atoms with Crippen LogP contribution in [0.2, 0.25) is 0 Å². The molecule has 0 spiro atoms. The largest absolute Gasteiger partial charge is 0.405 e. The minimum atomic E-state index is -4.55. The van der Waals surface area contributed by atoms with Crippen molar-refractivity contribution in [2.75, 3.05) is 35.6 Å². The Hall–Kier alpha value is -4.41. The number of aromatic nitrogens is 3. The van der Waals surface area contributed by atoms with Crippen LogP contribution in [-0.4, -0.2) is 55.1 Å². The molecule has 226 valence electrons. The van der Waals surface area contributed by atoms with E-state index in [0.717, 1.165) is 0 Å². The highest BCUT2D eigenvalue weighted by molar-refractivity contribution is 7.89. The van der Waals surface area contributed by atoms with Gasteiger partial charge in [0.05, 0.1) is 27.7 Å². The molecule has 0 saturated carbocycles. The first kappa shape index (κ1) is 30.1. The molecule has 2 aromatic heterocycles. The van der Waals surface area contributed by atoms with Gasteiger partial charge in [-0.2, -0.15) is 18.2 Å². The molecule has 1 atom stereocenters. The minimum absolute atomic E-state index is 0.00677. The summed E-state index contributed by atoms with van der Waals surface area (Å²) in [6, 6.07) is 12.9. The Balaban J connectivity index is 1.40. The maximum absolute atomic E-state index is 14.9. The molecule has 1 aliphatic heterocycles. The SMILES string of the molecule is NS(=O)(=O)c1ccc(CNc2nc(NCC(F)(F)F)c3nc(-c4ccc(NC(=O)C5CCNC5)c(F)c4)ccc3n2)cc1. The van der Waals surface area contributed by atoms with Crippen molar-refractivity contribution in [2.45, 2.75) is 24.0 Å². The number of nitrogens with one attached hydrogen (secondary N) is 4. The number of pyridine rings is 1. The van der Waals surface area contributed by atoms with Crippen LogP contribution in [0.1, 0.15) is 12.0 Å². The molecular weight excluding hydrogens is 592 g/mol. The third kappa shape index (κ3) is 7.52. The van der Waals surface area contributed by atoms with Crippen LogP contribution in [0.25, 0.3) is 22.3 Å². The van der Waals surface area contributed by atoms with Crippen molar-refractivity contribution in [1.82, 2.24) is 20.3 Å². The number of hydrogen-bond donors (Lipinski definition) is 5. The Bertz CT molecular complexity index is 1760. The van der Waals surface area contributed by atoms with Crippen molar-refractivity contribution >= 4 is 44.4 Å². The van der Waals surface area contributed by atoms with Gasteiger partial charge in [-0.05, 0) is 54.9 Å². The van der Waals surface area contributed by atoms with Gasteiger partial charge in [0.25, 0.3) is 0 Å². The second kappa shape index (κ2) is 12.1. The predicted octanol–water partition coefficient (Wildman–Crippen LogP) is 3.61. The van der Waals surface area contributed by atoms with Crippen LogP contribution in [0.3, 0.4) is 0 Å². The summed E-state index contributed by atoms with van der Waals surface area (Å²) in [5, 5.41) is 15.9. The molecule has 2 aromatic carbocycles. The van der Waals surface area contributed by atoms with E-state index in [0.29, 0.717) is 30.6 Å². The van der Waals surface area contributed by atoms with Gasteiger partial charge in [-0.25, -0.2) is 27.9 Å². The van der Waals surface area contributed by atoms with Crippen molar-refractivity contribution in [2.24, 2.45) is 11.1 Å². The van der Waals surface area contributed by atoms with Crippen molar-refractivity contribution in [3.05, 3.63) is 66.0 Å². The Morgan fingerprint density at radius 3 is 2.44 bits per heavy atom. The van der Waals surface area contributed by atoms with Crippen LogP contribution in [0.15, 0.2) is 59.5 Å². The quantitative estimate of drug-likeness (QED) is 0.176. The molecule has 1 saturated heterocycles. The monoisotopic (exact) mass is 618 g/mol. The molecule has 3 heterocycles. The van der Waals surface area contributed by atoms with Gasteiger partial charge in [0.15, 0.2) is 5.82 Å². The number of sulfonamides is 1. The molecule has 0 aliphatic carbocycles. The van der Waals surface area contributed by atoms with Gasteiger partial charge in [0, 0.05) is 18.7 Å². The first-order valence-corrected chi connectivity index (χ1v) is 14.6. The van der Waals surface area contributed by atoms with E-state index in [2.05, 4.69) is 36.2 Å². The number of carbonyl (C=O) groups is 1. The summed E-state index contributed by atoms with van der Waals surface area (Å²) in [5.74, 6) is -1.44. The first-order chi connectivity index (χ1) is 20.4. The van der Waals surface area contributed by atoms with Crippen molar-refractivity contribution in [1.29, 1.82) is 0 Å². The maximum Gasteiger partial charge on any atom is 0.405 e. The van der Waals surface area contributed by atoms with Gasteiger partial charge in [-0.15, -0.1) is 0 Å². The zero-order valence-electron chi connectivity index (χ0n) is 22.4. The molecule has 1 unspecified atom stereocenters. The van der Waals surface area contributed by atoms with Crippen LogP contribution < -0.4 is 26.4 Å². The van der Waals surface area contributed by atoms with E-state index in [1.165, 1.54) is 48.5 Å². The van der Waals surface area contributed by atoms with Crippen LogP contribution in [-0.2, 0) is 21.4 Å². The van der Waals surface area contributed by atoms with Crippen LogP contribution in [0.5, 0.6) is 0 Å². The van der Waals surface area contributed by atoms with E-state index in [1.807, 2.05) is 0 Å². The summed E-state index contributed by atoms with van der Waals surface area (Å²) in [6.07, 6.45) is -3.89. The lowest BCUT2D eigenvalue weighted by molar-refractivity contribution is -0.119. The van der Waals surface area contributed by atoms with Gasteiger partial charge in [0.2, 0.25) is 21.9 Å². The summed E-state index contributed by atoms with van der Waals surface area (Å²) in [6.45, 7) is -0.0323. The van der Waals surface area contributed by atoms with E-state index in [4.69, 9.17) is 5.14 Å². The Morgan fingerprint density at radius 1 is 1.02 bits per heavy atom. The third-order valence-corrected chi connectivity index (χ3v) is 7.58. The smallest absolute Gasteiger partial charge is 0.359 e. The molecule has 1 fully saturated rings. The number of fused-ring (bicyclic) bond motifs is 1. The Morgan fingerprint density at radius 2 is 1.79 bits per heavy atom. The fourth-order valence-electron chi connectivity index (χ4n) is 4.43. The van der Waals surface area contributed by atoms with E-state index >= 15 is 0 Å². The lowest BCUT2D eigenvalue weighted by atomic mass is 10.1. The van der Waals surface area contributed by atoms with Gasteiger partial charge < -0.3 is 21.3 Å². The summed E-state index contributed by atoms with van der Waals surface area (Å²) >= 11 is 0. The molecule has 0 bridgehead atoms. The highest BCUT2D eigenvalue weighted by atomic mass is 32.2. The van der Waals surface area contributed by atoms with E-state index in [-0.39, 0.29) is 57.4 Å². The average Bonchev–Trinajstić information content (AvgIpc) is 3.50. The van der Waals surface area contributed by atoms with Crippen molar-refractivity contribution in [3.8, 4) is 11.3 Å². The zero-order valence-corrected chi connectivity index (χ0v) is 23.2. The zero-order chi connectivity index (χ0) is 30.8. The van der Waals surface area contributed by atoms with Crippen LogP contribution in [0, 0.1) is 11.7 Å². The lowest BCUT2D eigenvalue weighted by Gasteiger charge is -2.14. The van der Waals surface area contributed by atoms with Gasteiger partial charge in [0.1, 0.15) is 17.9 Å². The second-order valence-corrected chi connectivity index (χ2v) is 11.4. The fraction of sp³-hybridized carbons (Fsp3) is 0.259. The number of amides is 1. The van der Waals surface area contributed by atoms with Crippen LogP contribution >= 0.6 is 0 Å². The van der Waals surface area contributed by atoms with Gasteiger partial charge in [-0.1, -0.05) is 18.2 Å². The van der Waals surface area contributed by atoms with Crippen LogP contribution in [0.4, 0.5) is 35.0 Å². The standard InChI is InChI=1S/C27H26F4N8O3S/c28-19-11-16(3-6-21(19)37-25(40)17-9-10-33-13-17)20-7-8-22-23(36-20)24(35-14-27(29,30)31)39-26(38-22)34-12-15-1-4-18(5-2-15)43(32,41)42/h1-8,11,17,33H,9-10,12-14H2,(H,37,40)(H2,32,41,42)(H2,34,35,38,39). The van der Waals surface area contributed by atoms with Crippen molar-refractivity contribution in [3.63, 3.8) is 0 Å². The summed E-state index contributed by atoms with van der Waals surface area (Å²) in [5.41, 5.74) is 1.45. The normalized spacial score (nSPS) is 15.4. The van der Waals surface area contributed by atoms with Crippen molar-refractivity contribution < 1.29 is 30.8 Å². The molecule has 1 amide bonds. The van der Waals surface area contributed by atoms with E-state index < -0.39 is 28.6 Å². The molecular formula is C27H26F4N8O3S. The predicted molar refractivity (Wildman–Crippen MR) is 152 cm³/mol. The minimum Gasteiger partial charge on any atom is -0.359 e. The maximum atomic E-state index is 14.9. The molecule has 5 rings (SSSR count). The van der Waals surface area contributed by atoms with Gasteiger partial charge >= 0.3 is 6.18 Å². The summed E-state index contributed by atoms with van der Waals surface area (Å²) < 4.78 is 77.1. The number of alkyl halides is 3. The van der Waals surface area contributed by atoms with E-state index in [1.54, 1.807) is 6.07 Å². The number of anilines is 3. The molecule has 43 heavy (non-hydrogen) atoms. The molecule has 6 N–H and O–H groups in total. The number of primary sulfonamides is 1. The highest BCUT2D eigenvalue weighted by Crippen LogP contribution is 2.29. The number of benzene rings is 2. The molecule has 4 aromatic rings. The highest BCUT2D eigenvalue weighted by Gasteiger charge is 2.28. The number of hydrogen-bond acceptors (Lipinski definition) is 9. The molecule has 1 aliphatic rings. The number of carbonyl (C=O) groups excluding carboxylic acids is 1. The molecule has 16 heteroatoms. The number of nitrogens with zero attached hydrogens (tertiary/aromatic N) is 3. The van der Waals surface area contributed by atoms with Gasteiger partial charge in [-0.3, -0.25) is 4.79 Å². The Kier molecular flexibility index (Phi) is 8.43. The third-order valence-electron chi connectivity index (χ3n) is 6.65. The first-order valence-electron chi connectivity index (χ1n) is 13.0. The lowest BCUT2D eigenvalue weighted by Crippen LogP contribution is -2.25. The summed E-state index contributed by atoms with van der Waals surface area (Å²) in [7, 11) is -3.86. The van der Waals surface area contributed by atoms with E-state index in [9.17, 15) is 30.8 Å².